The molecule has 1 N–H and O–H groups in total. The molecule has 0 amide bonds. The van der Waals surface area contributed by atoms with Crippen molar-refractivity contribution in [2.24, 2.45) is 0 Å². The van der Waals surface area contributed by atoms with E-state index in [0.29, 0.717) is 17.9 Å². The Hall–Kier alpha value is -1.83. The van der Waals surface area contributed by atoms with Crippen LogP contribution < -0.4 is 0 Å². The Morgan fingerprint density at radius 1 is 1.35 bits per heavy atom. The number of halogens is 3. The summed E-state index contributed by atoms with van der Waals surface area (Å²) in [7, 11) is 0. The van der Waals surface area contributed by atoms with E-state index in [4.69, 9.17) is 0 Å². The largest absolute Gasteiger partial charge is 0.424 e. The third-order valence-corrected chi connectivity index (χ3v) is 3.64. The first-order valence-corrected chi connectivity index (χ1v) is 6.12. The Kier molecular flexibility index (Phi) is 2.53. The molecule has 0 spiro atoms. The molecule has 0 aromatic carbocycles. The van der Waals surface area contributed by atoms with Gasteiger partial charge in [0.25, 0.3) is 0 Å². The van der Waals surface area contributed by atoms with Crippen LogP contribution in [-0.4, -0.2) is 30.6 Å². The molecule has 3 rings (SSSR count). The number of imidazole rings is 1. The summed E-state index contributed by atoms with van der Waals surface area (Å²) in [4.78, 5) is 3.82. The number of hydrogen-bond donors (Lipinski definition) is 1. The fraction of sp³-hybridized carbons (Fsp3) is 0.500. The highest BCUT2D eigenvalue weighted by atomic mass is 19.4. The van der Waals surface area contributed by atoms with Gasteiger partial charge in [-0.1, -0.05) is 0 Å². The summed E-state index contributed by atoms with van der Waals surface area (Å²) in [6, 6.07) is 1.44. The number of aliphatic hydroxyl groups is 1. The van der Waals surface area contributed by atoms with Crippen molar-refractivity contribution in [3.05, 3.63) is 24.3 Å². The number of hydrogen-bond acceptors (Lipinski definition) is 3. The molecule has 3 heterocycles. The molecule has 1 unspecified atom stereocenters. The van der Waals surface area contributed by atoms with Crippen LogP contribution in [0.4, 0.5) is 13.2 Å². The predicted molar refractivity (Wildman–Crippen MR) is 63.8 cm³/mol. The van der Waals surface area contributed by atoms with Gasteiger partial charge in [0.1, 0.15) is 0 Å². The molecule has 20 heavy (non-hydrogen) atoms. The van der Waals surface area contributed by atoms with Gasteiger partial charge in [0.15, 0.2) is 5.82 Å². The number of aromatic nitrogens is 4. The van der Waals surface area contributed by atoms with E-state index in [-0.39, 0.29) is 11.9 Å². The molecule has 0 aliphatic carbocycles. The van der Waals surface area contributed by atoms with Gasteiger partial charge in [0.05, 0.1) is 30.2 Å². The lowest BCUT2D eigenvalue weighted by atomic mass is 10.0. The van der Waals surface area contributed by atoms with Gasteiger partial charge >= 0.3 is 6.18 Å². The van der Waals surface area contributed by atoms with Crippen LogP contribution >= 0.6 is 0 Å². The maximum absolute atomic E-state index is 13.0. The second kappa shape index (κ2) is 3.85. The van der Waals surface area contributed by atoms with Crippen LogP contribution in [-0.2, 0) is 12.1 Å². The smallest absolute Gasteiger partial charge is 0.374 e. The maximum atomic E-state index is 13.0. The van der Waals surface area contributed by atoms with E-state index in [1.54, 1.807) is 23.9 Å². The average Bonchev–Trinajstić information content (AvgIpc) is 2.91. The monoisotopic (exact) mass is 286 g/mol. The summed E-state index contributed by atoms with van der Waals surface area (Å²) < 4.78 is 42.2. The van der Waals surface area contributed by atoms with Gasteiger partial charge in [0, 0.05) is 6.20 Å². The molecule has 2 atom stereocenters. The number of fused-ring (bicyclic) bond motifs is 3. The number of alkyl halides is 3. The van der Waals surface area contributed by atoms with E-state index in [2.05, 4.69) is 10.1 Å². The molecule has 0 saturated carbocycles. The van der Waals surface area contributed by atoms with Crippen LogP contribution in [0.15, 0.2) is 18.5 Å². The summed E-state index contributed by atoms with van der Waals surface area (Å²) in [6.45, 7) is 2.93. The molecule has 108 valence electrons. The number of nitrogens with zero attached hydrogens (tertiary/aromatic N) is 4. The zero-order chi connectivity index (χ0) is 14.7. The van der Waals surface area contributed by atoms with Crippen LogP contribution in [0.2, 0.25) is 0 Å². The summed E-state index contributed by atoms with van der Waals surface area (Å²) in [6.07, 6.45) is -1.85. The van der Waals surface area contributed by atoms with Gasteiger partial charge in [-0.3, -0.25) is 4.68 Å². The molecule has 2 aromatic rings. The average molecular weight is 286 g/mol. The van der Waals surface area contributed by atoms with E-state index in [1.807, 2.05) is 0 Å². The van der Waals surface area contributed by atoms with Crippen LogP contribution in [0.25, 0.3) is 11.4 Å². The predicted octanol–water partition coefficient (Wildman–Crippen LogP) is 2.09. The van der Waals surface area contributed by atoms with E-state index in [0.717, 1.165) is 6.92 Å². The molecular weight excluding hydrogens is 273 g/mol. The van der Waals surface area contributed by atoms with Crippen molar-refractivity contribution in [1.29, 1.82) is 0 Å². The van der Waals surface area contributed by atoms with E-state index >= 15 is 0 Å². The highest BCUT2D eigenvalue weighted by Crippen LogP contribution is 2.41. The molecule has 5 nitrogen and oxygen atoms in total. The maximum Gasteiger partial charge on any atom is 0.424 e. The lowest BCUT2D eigenvalue weighted by molar-refractivity contribution is -0.262. The zero-order valence-electron chi connectivity index (χ0n) is 10.9. The fourth-order valence-electron chi connectivity index (χ4n) is 2.51. The van der Waals surface area contributed by atoms with Crippen molar-refractivity contribution >= 4 is 0 Å². The summed E-state index contributed by atoms with van der Waals surface area (Å²) in [5.41, 5.74) is -1.76. The standard InChI is InChI=1S/C12H13F3N4O/c1-7-6-18-8(3-4-17-18)9-5-16-10(19(7)9)11(2,20)12(13,14)15/h3-5,7,20H,6H2,1-2H3/t7-,11?/m0/s1. The van der Waals surface area contributed by atoms with E-state index < -0.39 is 11.8 Å². The van der Waals surface area contributed by atoms with Gasteiger partial charge in [-0.25, -0.2) is 4.98 Å². The zero-order valence-corrected chi connectivity index (χ0v) is 10.9. The minimum atomic E-state index is -4.79. The van der Waals surface area contributed by atoms with Crippen molar-refractivity contribution in [3.63, 3.8) is 0 Å². The van der Waals surface area contributed by atoms with Gasteiger partial charge in [-0.15, -0.1) is 0 Å². The minimum Gasteiger partial charge on any atom is -0.374 e. The van der Waals surface area contributed by atoms with Gasteiger partial charge in [-0.2, -0.15) is 18.3 Å². The van der Waals surface area contributed by atoms with Gasteiger partial charge in [-0.05, 0) is 19.9 Å². The molecule has 0 radical (unpaired) electrons. The molecule has 1 aliphatic heterocycles. The quantitative estimate of drug-likeness (QED) is 0.873. The SMILES string of the molecule is C[C@H]1Cn2nccc2-c2cnc(C(C)(O)C(F)(F)F)n21. The fourth-order valence-corrected chi connectivity index (χ4v) is 2.51. The van der Waals surface area contributed by atoms with Crippen LogP contribution in [0, 0.1) is 0 Å². The molecule has 0 bridgehead atoms. The molecule has 2 aromatic heterocycles. The highest BCUT2D eigenvalue weighted by Gasteiger charge is 2.54. The van der Waals surface area contributed by atoms with Crippen molar-refractivity contribution in [3.8, 4) is 11.4 Å². The van der Waals surface area contributed by atoms with Crippen LogP contribution in [0.1, 0.15) is 25.7 Å². The molecule has 0 saturated heterocycles. The van der Waals surface area contributed by atoms with E-state index in [9.17, 15) is 18.3 Å². The minimum absolute atomic E-state index is 0.274. The van der Waals surface area contributed by atoms with Crippen molar-refractivity contribution < 1.29 is 18.3 Å². The molecule has 0 fully saturated rings. The Bertz CT molecular complexity index is 656. The first-order chi connectivity index (χ1) is 9.23. The third-order valence-electron chi connectivity index (χ3n) is 3.64. The first kappa shape index (κ1) is 13.2. The second-order valence-electron chi connectivity index (χ2n) is 5.15. The van der Waals surface area contributed by atoms with Crippen LogP contribution in [0.5, 0.6) is 0 Å². The summed E-state index contributed by atoms with van der Waals surface area (Å²) >= 11 is 0. The van der Waals surface area contributed by atoms with E-state index in [1.165, 1.54) is 10.8 Å². The Morgan fingerprint density at radius 2 is 2.05 bits per heavy atom. The molecule has 8 heteroatoms. The van der Waals surface area contributed by atoms with Crippen molar-refractivity contribution in [2.45, 2.75) is 38.2 Å². The van der Waals surface area contributed by atoms with Gasteiger partial charge in [0.2, 0.25) is 5.60 Å². The number of rotatable bonds is 1. The lowest BCUT2D eigenvalue weighted by Gasteiger charge is -2.31. The van der Waals surface area contributed by atoms with Crippen LogP contribution in [0.3, 0.4) is 0 Å². The second-order valence-corrected chi connectivity index (χ2v) is 5.15. The molecule has 1 aliphatic rings. The molecular formula is C12H13F3N4O. The Balaban J connectivity index is 2.20. The third kappa shape index (κ3) is 1.60. The lowest BCUT2D eigenvalue weighted by Crippen LogP contribution is -2.42. The summed E-state index contributed by atoms with van der Waals surface area (Å²) in [5.74, 6) is -0.389. The first-order valence-electron chi connectivity index (χ1n) is 6.12. The topological polar surface area (TPSA) is 55.9 Å². The highest BCUT2D eigenvalue weighted by molar-refractivity contribution is 5.56. The van der Waals surface area contributed by atoms with Crippen molar-refractivity contribution in [1.82, 2.24) is 19.3 Å². The Labute approximate surface area is 112 Å². The Morgan fingerprint density at radius 3 is 2.70 bits per heavy atom. The summed E-state index contributed by atoms with van der Waals surface area (Å²) in [5, 5.41) is 14.0. The van der Waals surface area contributed by atoms with Gasteiger partial charge < -0.3 is 9.67 Å². The normalized spacial score (nSPS) is 21.2. The van der Waals surface area contributed by atoms with Crippen molar-refractivity contribution in [2.75, 3.05) is 0 Å².